The molecule has 0 N–H and O–H groups in total. The average molecular weight is 426 g/mol. The number of hydrogen-bond donors (Lipinski definition) is 0. The molecule has 1 heteroatoms. The van der Waals surface area contributed by atoms with Gasteiger partial charge in [-0.05, 0) is 86.1 Å². The van der Waals surface area contributed by atoms with Crippen LogP contribution < -0.4 is 0 Å². The predicted molar refractivity (Wildman–Crippen MR) is 136 cm³/mol. The molecule has 168 valence electrons. The van der Waals surface area contributed by atoms with Gasteiger partial charge in [-0.1, -0.05) is 81.7 Å². The lowest BCUT2D eigenvalue weighted by molar-refractivity contribution is 0.384. The van der Waals surface area contributed by atoms with Gasteiger partial charge in [-0.2, -0.15) is 5.26 Å². The second-order valence-electron chi connectivity index (χ2n) is 9.46. The first-order valence-corrected chi connectivity index (χ1v) is 12.9. The zero-order chi connectivity index (χ0) is 22.6. The molecule has 1 aliphatic carbocycles. The molecule has 3 rings (SSSR count). The van der Waals surface area contributed by atoms with Crippen molar-refractivity contribution in [3.05, 3.63) is 70.3 Å². The number of nitriles is 1. The maximum atomic E-state index is 9.48. The molecule has 2 aromatic rings. The van der Waals surface area contributed by atoms with E-state index in [0.717, 1.165) is 36.0 Å². The largest absolute Gasteiger partial charge is 0.192 e. The van der Waals surface area contributed by atoms with Crippen LogP contribution in [-0.4, -0.2) is 0 Å². The number of nitrogens with zero attached hydrogens (tertiary/aromatic N) is 1. The topological polar surface area (TPSA) is 23.8 Å². The molecule has 1 saturated carbocycles. The van der Waals surface area contributed by atoms with Crippen LogP contribution in [0.3, 0.4) is 0 Å². The van der Waals surface area contributed by atoms with Gasteiger partial charge in [-0.15, -0.1) is 0 Å². The molecule has 1 fully saturated rings. The summed E-state index contributed by atoms with van der Waals surface area (Å²) in [5.74, 6) is 8.04. The summed E-state index contributed by atoms with van der Waals surface area (Å²) in [7, 11) is 0. The Hall–Kier alpha value is -2.51. The fraction of sp³-hybridized carbons (Fsp3) is 0.516. The van der Waals surface area contributed by atoms with Gasteiger partial charge in [0, 0.05) is 11.5 Å². The maximum absolute atomic E-state index is 9.48. The van der Waals surface area contributed by atoms with E-state index in [4.69, 9.17) is 0 Å². The highest BCUT2D eigenvalue weighted by atomic mass is 14.3. The Morgan fingerprint density at radius 2 is 1.56 bits per heavy atom. The normalized spacial score (nSPS) is 17.9. The number of rotatable bonds is 9. The van der Waals surface area contributed by atoms with Crippen molar-refractivity contribution in [1.29, 1.82) is 5.26 Å². The van der Waals surface area contributed by atoms with E-state index in [9.17, 15) is 5.26 Å². The number of aryl methyl sites for hydroxylation is 2. The van der Waals surface area contributed by atoms with Crippen LogP contribution >= 0.6 is 0 Å². The second-order valence-corrected chi connectivity index (χ2v) is 9.46. The number of unbranched alkanes of at least 4 members (excludes halogenated alkanes) is 4. The zero-order valence-electron chi connectivity index (χ0n) is 20.1. The highest BCUT2D eigenvalue weighted by Gasteiger charge is 2.21. The van der Waals surface area contributed by atoms with Crippen molar-refractivity contribution in [1.82, 2.24) is 0 Å². The van der Waals surface area contributed by atoms with Gasteiger partial charge in [-0.25, -0.2) is 0 Å². The molecule has 0 radical (unpaired) electrons. The van der Waals surface area contributed by atoms with Crippen LogP contribution in [-0.2, 0) is 12.8 Å². The molecule has 0 atom stereocenters. The van der Waals surface area contributed by atoms with E-state index in [2.05, 4.69) is 68.2 Å². The Bertz CT molecular complexity index is 927. The van der Waals surface area contributed by atoms with Crippen LogP contribution in [0.15, 0.2) is 42.5 Å². The summed E-state index contributed by atoms with van der Waals surface area (Å²) >= 11 is 0. The van der Waals surface area contributed by atoms with E-state index in [1.54, 1.807) is 0 Å². The average Bonchev–Trinajstić information content (AvgIpc) is 2.85. The summed E-state index contributed by atoms with van der Waals surface area (Å²) in [6.07, 6.45) is 14.6. The summed E-state index contributed by atoms with van der Waals surface area (Å²) in [5.41, 5.74) is 5.94. The minimum Gasteiger partial charge on any atom is -0.192 e. The second kappa shape index (κ2) is 13.1. The Morgan fingerprint density at radius 1 is 0.812 bits per heavy atom. The van der Waals surface area contributed by atoms with Crippen molar-refractivity contribution < 1.29 is 0 Å². The Kier molecular flexibility index (Phi) is 9.91. The van der Waals surface area contributed by atoms with E-state index in [1.165, 1.54) is 68.9 Å². The minimum atomic E-state index is 0.481. The molecular formula is C31H39N. The van der Waals surface area contributed by atoms with Gasteiger partial charge in [0.2, 0.25) is 0 Å². The Labute approximate surface area is 196 Å². The van der Waals surface area contributed by atoms with Crippen molar-refractivity contribution >= 4 is 0 Å². The summed E-state index contributed by atoms with van der Waals surface area (Å²) in [6.45, 7) is 4.45. The van der Waals surface area contributed by atoms with Crippen LogP contribution in [0.25, 0.3) is 0 Å². The smallest absolute Gasteiger partial charge is 0.0994 e. The van der Waals surface area contributed by atoms with Crippen LogP contribution in [0.2, 0.25) is 0 Å². The van der Waals surface area contributed by atoms with Gasteiger partial charge >= 0.3 is 0 Å². The third-order valence-electron chi connectivity index (χ3n) is 6.95. The summed E-state index contributed by atoms with van der Waals surface area (Å²) < 4.78 is 0. The first-order chi connectivity index (χ1) is 15.7. The lowest BCUT2D eigenvalue weighted by atomic mass is 9.78. The molecule has 2 aromatic carbocycles. The van der Waals surface area contributed by atoms with E-state index >= 15 is 0 Å². The Morgan fingerprint density at radius 3 is 2.25 bits per heavy atom. The first kappa shape index (κ1) is 24.1. The quantitative estimate of drug-likeness (QED) is 0.292. The van der Waals surface area contributed by atoms with Crippen molar-refractivity contribution in [2.24, 2.45) is 5.92 Å². The minimum absolute atomic E-state index is 0.481. The van der Waals surface area contributed by atoms with E-state index in [0.29, 0.717) is 11.8 Å². The van der Waals surface area contributed by atoms with Crippen LogP contribution in [0.1, 0.15) is 112 Å². The summed E-state index contributed by atoms with van der Waals surface area (Å²) in [5, 5.41) is 9.48. The third-order valence-corrected chi connectivity index (χ3v) is 6.95. The van der Waals surface area contributed by atoms with Crippen molar-refractivity contribution in [2.75, 3.05) is 0 Å². The van der Waals surface area contributed by atoms with Gasteiger partial charge in [0.25, 0.3) is 0 Å². The van der Waals surface area contributed by atoms with Gasteiger partial charge in [0.1, 0.15) is 0 Å². The molecule has 0 aromatic heterocycles. The molecule has 0 aliphatic heterocycles. The fourth-order valence-electron chi connectivity index (χ4n) is 4.81. The van der Waals surface area contributed by atoms with Gasteiger partial charge in [0.05, 0.1) is 11.6 Å². The lowest BCUT2D eigenvalue weighted by Gasteiger charge is -2.26. The summed E-state index contributed by atoms with van der Waals surface area (Å²) in [6, 6.07) is 18.0. The molecule has 32 heavy (non-hydrogen) atoms. The summed E-state index contributed by atoms with van der Waals surface area (Å²) in [4.78, 5) is 0. The molecule has 0 heterocycles. The standard InChI is InChI=1S/C31H39N/c1-3-5-7-8-9-25-13-18-29(19-14-25)30-20-15-26(16-21-30)11-12-27-17-22-28(10-6-4-2)31(23-27)24-32/h13-14,17-19,22-23,26,30H,3-10,15-16,20-21H2,1-2H3/t26-,30-. The van der Waals surface area contributed by atoms with E-state index in [1.807, 2.05) is 6.07 Å². The zero-order valence-corrected chi connectivity index (χ0v) is 20.1. The molecular weight excluding hydrogens is 386 g/mol. The van der Waals surface area contributed by atoms with Gasteiger partial charge < -0.3 is 0 Å². The van der Waals surface area contributed by atoms with Gasteiger partial charge in [0.15, 0.2) is 0 Å². The van der Waals surface area contributed by atoms with Crippen molar-refractivity contribution in [2.45, 2.75) is 96.8 Å². The van der Waals surface area contributed by atoms with Crippen LogP contribution in [0.4, 0.5) is 0 Å². The molecule has 0 spiro atoms. The maximum Gasteiger partial charge on any atom is 0.0994 e. The van der Waals surface area contributed by atoms with E-state index in [-0.39, 0.29) is 0 Å². The van der Waals surface area contributed by atoms with Crippen LogP contribution in [0.5, 0.6) is 0 Å². The van der Waals surface area contributed by atoms with Crippen LogP contribution in [0, 0.1) is 29.1 Å². The third kappa shape index (κ3) is 7.28. The SMILES string of the molecule is CCCCCCc1ccc([C@H]2CC[C@H](C#Cc3ccc(CCCC)c(C#N)c3)CC2)cc1. The van der Waals surface area contributed by atoms with E-state index < -0.39 is 0 Å². The molecule has 0 unspecified atom stereocenters. The molecule has 0 amide bonds. The van der Waals surface area contributed by atoms with Gasteiger partial charge in [-0.3, -0.25) is 0 Å². The Balaban J connectivity index is 1.50. The monoisotopic (exact) mass is 425 g/mol. The molecule has 1 nitrogen and oxygen atoms in total. The predicted octanol–water partition coefficient (Wildman–Crippen LogP) is 8.35. The highest BCUT2D eigenvalue weighted by molar-refractivity contribution is 5.46. The first-order valence-electron chi connectivity index (χ1n) is 12.9. The molecule has 1 aliphatic rings. The highest BCUT2D eigenvalue weighted by Crippen LogP contribution is 2.35. The van der Waals surface area contributed by atoms with Crippen molar-refractivity contribution in [3.63, 3.8) is 0 Å². The molecule has 0 bridgehead atoms. The number of benzene rings is 2. The lowest BCUT2D eigenvalue weighted by Crippen LogP contribution is -2.12. The molecule has 0 saturated heterocycles. The number of hydrogen-bond acceptors (Lipinski definition) is 1. The van der Waals surface area contributed by atoms with Crippen molar-refractivity contribution in [3.8, 4) is 17.9 Å². The fourth-order valence-corrected chi connectivity index (χ4v) is 4.81.